The summed E-state index contributed by atoms with van der Waals surface area (Å²) < 4.78 is 27.3. The Hall–Kier alpha value is -3.06. The summed E-state index contributed by atoms with van der Waals surface area (Å²) in [5.74, 6) is -1.23. The first kappa shape index (κ1) is 20.7. The fourth-order valence-electron chi connectivity index (χ4n) is 2.91. The molecule has 29 heavy (non-hydrogen) atoms. The van der Waals surface area contributed by atoms with Crippen LogP contribution in [0.15, 0.2) is 60.7 Å². The molecule has 150 valence electrons. The van der Waals surface area contributed by atoms with Crippen molar-refractivity contribution in [2.45, 2.75) is 25.9 Å². The molecule has 1 heterocycles. The van der Waals surface area contributed by atoms with Crippen LogP contribution in [-0.4, -0.2) is 11.8 Å². The number of halogens is 2. The van der Waals surface area contributed by atoms with Crippen molar-refractivity contribution in [2.75, 3.05) is 0 Å². The third kappa shape index (κ3) is 5.96. The van der Waals surface area contributed by atoms with Crippen molar-refractivity contribution >= 4 is 23.2 Å². The summed E-state index contributed by atoms with van der Waals surface area (Å²) >= 11 is 1.27. The minimum absolute atomic E-state index is 0.148. The Labute approximate surface area is 171 Å². The maximum atomic E-state index is 13.7. The van der Waals surface area contributed by atoms with Crippen molar-refractivity contribution in [3.05, 3.63) is 93.2 Å². The van der Waals surface area contributed by atoms with Gasteiger partial charge in [0.2, 0.25) is 5.91 Å². The van der Waals surface area contributed by atoms with Gasteiger partial charge < -0.3 is 10.6 Å². The molecular weight excluding hydrogens is 394 g/mol. The predicted molar refractivity (Wildman–Crippen MR) is 109 cm³/mol. The van der Waals surface area contributed by atoms with Crippen LogP contribution >= 0.6 is 11.3 Å². The maximum absolute atomic E-state index is 13.7. The van der Waals surface area contributed by atoms with E-state index in [1.807, 2.05) is 0 Å². The Kier molecular flexibility index (Phi) is 6.72. The van der Waals surface area contributed by atoms with Gasteiger partial charge in [-0.05, 0) is 53.9 Å². The number of hydrogen-bond donors (Lipinski definition) is 2. The molecule has 0 radical (unpaired) electrons. The molecule has 7 heteroatoms. The van der Waals surface area contributed by atoms with Gasteiger partial charge >= 0.3 is 0 Å². The zero-order valence-electron chi connectivity index (χ0n) is 15.7. The zero-order chi connectivity index (χ0) is 20.8. The van der Waals surface area contributed by atoms with E-state index in [2.05, 4.69) is 10.6 Å². The van der Waals surface area contributed by atoms with Crippen molar-refractivity contribution in [3.8, 4) is 0 Å². The van der Waals surface area contributed by atoms with Gasteiger partial charge in [-0.2, -0.15) is 0 Å². The minimum Gasteiger partial charge on any atom is -0.351 e. The average Bonchev–Trinajstić information content (AvgIpc) is 3.15. The van der Waals surface area contributed by atoms with E-state index in [4.69, 9.17) is 0 Å². The highest BCUT2D eigenvalue weighted by molar-refractivity contribution is 7.14. The van der Waals surface area contributed by atoms with Crippen LogP contribution in [0.5, 0.6) is 0 Å². The standard InChI is InChI=1S/C22H20F2N2O2S/c1-14(27)25-13-19-8-9-21(29-19)22(28)26-20(16-5-3-7-18(24)12-16)11-15-4-2-6-17(23)10-15/h2-10,12,20H,11,13H2,1H3,(H,25,27)(H,26,28). The lowest BCUT2D eigenvalue weighted by Crippen LogP contribution is -2.29. The predicted octanol–water partition coefficient (Wildman–Crippen LogP) is 4.38. The van der Waals surface area contributed by atoms with E-state index in [0.717, 1.165) is 4.88 Å². The first-order valence-electron chi connectivity index (χ1n) is 9.04. The summed E-state index contributed by atoms with van der Waals surface area (Å²) in [4.78, 5) is 25.1. The van der Waals surface area contributed by atoms with Crippen LogP contribution in [0, 0.1) is 11.6 Å². The van der Waals surface area contributed by atoms with E-state index in [1.54, 1.807) is 36.4 Å². The van der Waals surface area contributed by atoms with E-state index in [-0.39, 0.29) is 17.6 Å². The molecular formula is C22H20F2N2O2S. The molecule has 0 aliphatic rings. The molecule has 1 unspecified atom stereocenters. The summed E-state index contributed by atoms with van der Waals surface area (Å²) in [5, 5.41) is 5.61. The first-order valence-corrected chi connectivity index (χ1v) is 9.86. The third-order valence-corrected chi connectivity index (χ3v) is 5.37. The van der Waals surface area contributed by atoms with E-state index in [0.29, 0.717) is 29.0 Å². The Balaban J connectivity index is 1.79. The lowest BCUT2D eigenvalue weighted by atomic mass is 9.98. The van der Waals surface area contributed by atoms with Crippen molar-refractivity contribution in [2.24, 2.45) is 0 Å². The highest BCUT2D eigenvalue weighted by Crippen LogP contribution is 2.23. The van der Waals surface area contributed by atoms with Crippen LogP contribution in [0.2, 0.25) is 0 Å². The second-order valence-electron chi connectivity index (χ2n) is 6.59. The summed E-state index contributed by atoms with van der Waals surface area (Å²) in [5.41, 5.74) is 1.29. The molecule has 0 saturated heterocycles. The van der Waals surface area contributed by atoms with Crippen LogP contribution in [0.4, 0.5) is 8.78 Å². The quantitative estimate of drug-likeness (QED) is 0.603. The van der Waals surface area contributed by atoms with Gasteiger partial charge in [-0.3, -0.25) is 9.59 Å². The largest absolute Gasteiger partial charge is 0.351 e. The van der Waals surface area contributed by atoms with Gasteiger partial charge in [0.1, 0.15) is 11.6 Å². The van der Waals surface area contributed by atoms with Crippen molar-refractivity contribution in [1.29, 1.82) is 0 Å². The minimum atomic E-state index is -0.527. The normalized spacial score (nSPS) is 11.7. The number of nitrogens with one attached hydrogen (secondary N) is 2. The second-order valence-corrected chi connectivity index (χ2v) is 7.76. The fraction of sp³-hybridized carbons (Fsp3) is 0.182. The van der Waals surface area contributed by atoms with Gasteiger partial charge in [-0.1, -0.05) is 24.3 Å². The van der Waals surface area contributed by atoms with Crippen molar-refractivity contribution < 1.29 is 18.4 Å². The lowest BCUT2D eigenvalue weighted by Gasteiger charge is -2.19. The summed E-state index contributed by atoms with van der Waals surface area (Å²) in [6.07, 6.45) is 0.317. The van der Waals surface area contributed by atoms with E-state index >= 15 is 0 Å². The summed E-state index contributed by atoms with van der Waals surface area (Å²) in [6.45, 7) is 1.78. The molecule has 1 atom stereocenters. The molecule has 2 amide bonds. The first-order chi connectivity index (χ1) is 13.9. The number of carbonyl (C=O) groups is 2. The van der Waals surface area contributed by atoms with Crippen molar-refractivity contribution in [3.63, 3.8) is 0 Å². The second kappa shape index (κ2) is 9.43. The highest BCUT2D eigenvalue weighted by Gasteiger charge is 2.19. The SMILES string of the molecule is CC(=O)NCc1ccc(C(=O)NC(Cc2cccc(F)c2)c2cccc(F)c2)s1. The smallest absolute Gasteiger partial charge is 0.261 e. The molecule has 3 aromatic rings. The molecule has 2 N–H and O–H groups in total. The molecule has 0 spiro atoms. The van der Waals surface area contributed by atoms with Crippen LogP contribution in [0.25, 0.3) is 0 Å². The zero-order valence-corrected chi connectivity index (χ0v) is 16.6. The van der Waals surface area contributed by atoms with Crippen molar-refractivity contribution in [1.82, 2.24) is 10.6 Å². The molecule has 0 saturated carbocycles. The number of thiophene rings is 1. The Morgan fingerprint density at radius 2 is 1.72 bits per heavy atom. The molecule has 0 aliphatic carbocycles. The van der Waals surface area contributed by atoms with Gasteiger partial charge in [-0.15, -0.1) is 11.3 Å². The number of carbonyl (C=O) groups excluding carboxylic acids is 2. The van der Waals surface area contributed by atoms with Crippen LogP contribution in [0.1, 0.15) is 38.6 Å². The average molecular weight is 414 g/mol. The summed E-state index contributed by atoms with van der Waals surface area (Å²) in [7, 11) is 0. The third-order valence-electron chi connectivity index (χ3n) is 4.28. The Bertz CT molecular complexity index is 1020. The van der Waals surface area contributed by atoms with Crippen LogP contribution < -0.4 is 10.6 Å². The summed E-state index contributed by atoms with van der Waals surface area (Å²) in [6, 6.07) is 15.0. The molecule has 0 fully saturated rings. The maximum Gasteiger partial charge on any atom is 0.261 e. The lowest BCUT2D eigenvalue weighted by molar-refractivity contribution is -0.119. The number of benzene rings is 2. The number of hydrogen-bond acceptors (Lipinski definition) is 3. The topological polar surface area (TPSA) is 58.2 Å². The van der Waals surface area contributed by atoms with Crippen LogP contribution in [-0.2, 0) is 17.8 Å². The van der Waals surface area contributed by atoms with Gasteiger partial charge in [0.25, 0.3) is 5.91 Å². The van der Waals surface area contributed by atoms with Gasteiger partial charge in [0.15, 0.2) is 0 Å². The monoisotopic (exact) mass is 414 g/mol. The van der Waals surface area contributed by atoms with E-state index in [9.17, 15) is 18.4 Å². The Morgan fingerprint density at radius 1 is 1.00 bits per heavy atom. The molecule has 4 nitrogen and oxygen atoms in total. The molecule has 2 aromatic carbocycles. The molecule has 0 aliphatic heterocycles. The molecule has 0 bridgehead atoms. The van der Waals surface area contributed by atoms with Gasteiger partial charge in [0, 0.05) is 11.8 Å². The molecule has 1 aromatic heterocycles. The fourth-order valence-corrected chi connectivity index (χ4v) is 3.76. The Morgan fingerprint density at radius 3 is 2.41 bits per heavy atom. The van der Waals surface area contributed by atoms with E-state index < -0.39 is 11.9 Å². The molecule has 3 rings (SSSR count). The highest BCUT2D eigenvalue weighted by atomic mass is 32.1. The van der Waals surface area contributed by atoms with Gasteiger partial charge in [-0.25, -0.2) is 8.78 Å². The van der Waals surface area contributed by atoms with Gasteiger partial charge in [0.05, 0.1) is 17.5 Å². The number of amides is 2. The number of rotatable bonds is 7. The van der Waals surface area contributed by atoms with Crippen LogP contribution in [0.3, 0.4) is 0 Å². The van der Waals surface area contributed by atoms with E-state index in [1.165, 1.54) is 42.5 Å².